The van der Waals surface area contributed by atoms with Crippen molar-refractivity contribution in [3.05, 3.63) is 41.5 Å². The van der Waals surface area contributed by atoms with Crippen LogP contribution in [0.4, 0.5) is 20.3 Å². The van der Waals surface area contributed by atoms with Gasteiger partial charge >= 0.3 is 0 Å². The van der Waals surface area contributed by atoms with Gasteiger partial charge in [-0.25, -0.2) is 13.8 Å². The van der Waals surface area contributed by atoms with Gasteiger partial charge in [-0.3, -0.25) is 13.5 Å². The highest BCUT2D eigenvalue weighted by Crippen LogP contribution is 2.52. The number of piperidine rings is 1. The molecule has 1 aromatic carbocycles. The van der Waals surface area contributed by atoms with Crippen LogP contribution < -0.4 is 8.61 Å². The third-order valence-corrected chi connectivity index (χ3v) is 8.66. The highest BCUT2D eigenvalue weighted by Gasteiger charge is 2.57. The van der Waals surface area contributed by atoms with E-state index in [0.29, 0.717) is 12.0 Å². The molecule has 1 aromatic heterocycles. The van der Waals surface area contributed by atoms with E-state index in [1.807, 2.05) is 27.8 Å². The maximum absolute atomic E-state index is 13.4. The molecule has 0 bridgehead atoms. The van der Waals surface area contributed by atoms with Crippen LogP contribution >= 0.6 is 12.1 Å². The van der Waals surface area contributed by atoms with E-state index in [9.17, 15) is 8.78 Å². The normalized spacial score (nSPS) is 25.3. The molecule has 6 rings (SSSR count). The molecule has 33 heavy (non-hydrogen) atoms. The summed E-state index contributed by atoms with van der Waals surface area (Å²) in [5, 5.41) is 0. The van der Waals surface area contributed by atoms with Crippen LogP contribution in [0.15, 0.2) is 30.3 Å². The lowest BCUT2D eigenvalue weighted by atomic mass is 9.77. The highest BCUT2D eigenvalue weighted by molar-refractivity contribution is 8.02. The smallest absolute Gasteiger partial charge is 0.253 e. The van der Waals surface area contributed by atoms with E-state index >= 15 is 0 Å². The molecule has 5 nitrogen and oxygen atoms in total. The van der Waals surface area contributed by atoms with Gasteiger partial charge in [-0.15, -0.1) is 0 Å². The Kier molecular flexibility index (Phi) is 5.12. The molecule has 3 aliphatic heterocycles. The molecular formula is C25H30F2N4OS. The fourth-order valence-electron chi connectivity index (χ4n) is 5.21. The second kappa shape index (κ2) is 7.82. The van der Waals surface area contributed by atoms with Crippen molar-refractivity contribution < 1.29 is 13.5 Å². The van der Waals surface area contributed by atoms with E-state index in [1.54, 1.807) is 0 Å². The zero-order valence-electron chi connectivity index (χ0n) is 19.2. The summed E-state index contributed by atoms with van der Waals surface area (Å²) in [6, 6.07) is 10.7. The first-order valence-corrected chi connectivity index (χ1v) is 12.5. The topological polar surface area (TPSA) is 31.8 Å². The number of hydrogen-bond acceptors (Lipinski definition) is 6. The molecule has 0 radical (unpaired) electrons. The molecule has 1 unspecified atom stereocenters. The maximum atomic E-state index is 13.4. The minimum atomic E-state index is -2.51. The Morgan fingerprint density at radius 3 is 2.58 bits per heavy atom. The fourth-order valence-corrected chi connectivity index (χ4v) is 6.20. The van der Waals surface area contributed by atoms with Gasteiger partial charge in [0.1, 0.15) is 0 Å². The molecule has 1 saturated carbocycles. The predicted molar refractivity (Wildman–Crippen MR) is 129 cm³/mol. The summed E-state index contributed by atoms with van der Waals surface area (Å²) in [7, 11) is 1.95. The summed E-state index contributed by atoms with van der Waals surface area (Å²) in [4.78, 5) is 7.50. The Morgan fingerprint density at radius 2 is 1.91 bits per heavy atom. The first kappa shape index (κ1) is 21.6. The van der Waals surface area contributed by atoms with Gasteiger partial charge < -0.3 is 4.74 Å². The molecule has 3 fully saturated rings. The minimum Gasteiger partial charge on any atom is -0.380 e. The largest absolute Gasteiger partial charge is 0.380 e. The molecule has 1 spiro atoms. The van der Waals surface area contributed by atoms with Crippen LogP contribution in [0.25, 0.3) is 11.3 Å². The molecule has 2 saturated heterocycles. The van der Waals surface area contributed by atoms with E-state index < -0.39 is 11.8 Å². The number of hydrogen-bond donors (Lipinski definition) is 0. The lowest BCUT2D eigenvalue weighted by molar-refractivity contribution is -0.140. The summed E-state index contributed by atoms with van der Waals surface area (Å²) in [6.07, 6.45) is 2.45. The second-order valence-corrected chi connectivity index (χ2v) is 11.4. The first-order chi connectivity index (χ1) is 15.8. The van der Waals surface area contributed by atoms with E-state index in [-0.39, 0.29) is 6.42 Å². The molecule has 4 heterocycles. The quantitative estimate of drug-likeness (QED) is 0.560. The van der Waals surface area contributed by atoms with Crippen LogP contribution in [-0.4, -0.2) is 55.7 Å². The SMILES string of the molecule is Cc1ccc(CN2CCC3(CC2)COC3)cc1-c1ccc2c(n1)N(C)SN2CC1CC1(F)F. The van der Waals surface area contributed by atoms with Crippen molar-refractivity contribution in [3.63, 3.8) is 0 Å². The summed E-state index contributed by atoms with van der Waals surface area (Å²) < 4.78 is 36.3. The van der Waals surface area contributed by atoms with Gasteiger partial charge in [-0.2, -0.15) is 0 Å². The number of ether oxygens (including phenoxy) is 1. The number of halogens is 2. The number of benzene rings is 1. The Labute approximate surface area is 198 Å². The number of aromatic nitrogens is 1. The molecule has 0 amide bonds. The van der Waals surface area contributed by atoms with Crippen LogP contribution in [0, 0.1) is 18.3 Å². The van der Waals surface area contributed by atoms with Gasteiger partial charge in [0.25, 0.3) is 5.92 Å². The summed E-state index contributed by atoms with van der Waals surface area (Å²) in [5.74, 6) is -2.22. The second-order valence-electron chi connectivity index (χ2n) is 10.3. The molecule has 1 aliphatic carbocycles. The molecule has 8 heteroatoms. The number of anilines is 2. The van der Waals surface area contributed by atoms with Crippen LogP contribution in [0.1, 0.15) is 30.4 Å². The van der Waals surface area contributed by atoms with Gasteiger partial charge in [0.15, 0.2) is 5.82 Å². The van der Waals surface area contributed by atoms with Gasteiger partial charge in [-0.05, 0) is 62.2 Å². The molecular weight excluding hydrogens is 442 g/mol. The first-order valence-electron chi connectivity index (χ1n) is 11.8. The van der Waals surface area contributed by atoms with Gasteiger partial charge in [0.2, 0.25) is 0 Å². The monoisotopic (exact) mass is 472 g/mol. The van der Waals surface area contributed by atoms with Crippen molar-refractivity contribution in [1.82, 2.24) is 9.88 Å². The summed E-state index contributed by atoms with van der Waals surface area (Å²) in [6.45, 7) is 7.56. The van der Waals surface area contributed by atoms with Crippen molar-refractivity contribution in [3.8, 4) is 11.3 Å². The van der Waals surface area contributed by atoms with E-state index in [4.69, 9.17) is 9.72 Å². The van der Waals surface area contributed by atoms with Crippen molar-refractivity contribution in [1.29, 1.82) is 0 Å². The lowest BCUT2D eigenvalue weighted by Gasteiger charge is -2.47. The van der Waals surface area contributed by atoms with Gasteiger partial charge in [-0.1, -0.05) is 12.1 Å². The zero-order valence-corrected chi connectivity index (χ0v) is 20.0. The Morgan fingerprint density at radius 1 is 1.15 bits per heavy atom. The number of nitrogens with zero attached hydrogens (tertiary/aromatic N) is 4. The van der Waals surface area contributed by atoms with Crippen molar-refractivity contribution >= 4 is 23.6 Å². The highest BCUT2D eigenvalue weighted by atomic mass is 32.2. The molecule has 176 valence electrons. The van der Waals surface area contributed by atoms with E-state index in [0.717, 1.165) is 55.6 Å². The standard InChI is InChI=1S/C25H30F2N4OS/c1-17-3-4-18(13-30-9-7-24(8-10-30)15-32-16-24)11-20(17)21-5-6-22-23(28-21)29(2)33-31(22)14-19-12-25(19,26)27/h3-6,11,19H,7-10,12-16H2,1-2H3. The Hall–Kier alpha value is -1.90. The fraction of sp³-hybridized carbons (Fsp3) is 0.560. The number of likely N-dealkylation sites (tertiary alicyclic amines) is 1. The van der Waals surface area contributed by atoms with E-state index in [2.05, 4.69) is 30.0 Å². The zero-order chi connectivity index (χ0) is 22.8. The van der Waals surface area contributed by atoms with Crippen molar-refractivity contribution in [2.75, 3.05) is 48.5 Å². The van der Waals surface area contributed by atoms with Crippen LogP contribution in [0.5, 0.6) is 0 Å². The average molecular weight is 473 g/mol. The number of pyridine rings is 1. The minimum absolute atomic E-state index is 0.00755. The van der Waals surface area contributed by atoms with Crippen LogP contribution in [0.2, 0.25) is 0 Å². The Balaban J connectivity index is 1.19. The number of alkyl halides is 2. The number of aryl methyl sites for hydroxylation is 1. The van der Waals surface area contributed by atoms with Crippen molar-refractivity contribution in [2.45, 2.75) is 38.7 Å². The van der Waals surface area contributed by atoms with Crippen LogP contribution in [0.3, 0.4) is 0 Å². The summed E-state index contributed by atoms with van der Waals surface area (Å²) in [5.41, 5.74) is 5.95. The van der Waals surface area contributed by atoms with E-state index in [1.165, 1.54) is 36.1 Å². The maximum Gasteiger partial charge on any atom is 0.253 e. The predicted octanol–water partition coefficient (Wildman–Crippen LogP) is 5.14. The molecule has 0 N–H and O–H groups in total. The number of fused-ring (bicyclic) bond motifs is 1. The average Bonchev–Trinajstić information content (AvgIpc) is 3.26. The summed E-state index contributed by atoms with van der Waals surface area (Å²) >= 11 is 1.46. The molecule has 4 aliphatic rings. The Bertz CT molecular complexity index is 1070. The van der Waals surface area contributed by atoms with Crippen molar-refractivity contribution in [2.24, 2.45) is 11.3 Å². The third kappa shape index (κ3) is 4.00. The van der Waals surface area contributed by atoms with Crippen LogP contribution in [-0.2, 0) is 11.3 Å². The lowest BCUT2D eigenvalue weighted by Crippen LogP contribution is -2.50. The third-order valence-electron chi connectivity index (χ3n) is 7.70. The van der Waals surface area contributed by atoms with Gasteiger partial charge in [0, 0.05) is 43.5 Å². The molecule has 1 atom stereocenters. The number of rotatable bonds is 5. The molecule has 2 aromatic rings. The van der Waals surface area contributed by atoms with Gasteiger partial charge in [0.05, 0.1) is 36.7 Å².